The van der Waals surface area contributed by atoms with E-state index in [4.69, 9.17) is 4.74 Å². The number of para-hydroxylation sites is 1. The largest absolute Gasteiger partial charge is 0.489 e. The maximum Gasteiger partial charge on any atom is 0.243 e. The molecule has 172 valence electrons. The van der Waals surface area contributed by atoms with E-state index in [1.54, 1.807) is 19.9 Å². The van der Waals surface area contributed by atoms with Crippen LogP contribution in [0.15, 0.2) is 53.6 Å². The first-order chi connectivity index (χ1) is 15.3. The van der Waals surface area contributed by atoms with Crippen molar-refractivity contribution >= 4 is 32.5 Å². The van der Waals surface area contributed by atoms with E-state index in [1.165, 1.54) is 16.4 Å². The van der Waals surface area contributed by atoms with E-state index in [1.807, 2.05) is 44.3 Å². The number of hydrogen-bond acceptors (Lipinski definition) is 4. The number of aromatic amines is 1. The molecule has 0 aliphatic rings. The van der Waals surface area contributed by atoms with Crippen LogP contribution in [0.4, 0.5) is 5.69 Å². The van der Waals surface area contributed by atoms with Crippen molar-refractivity contribution in [3.63, 3.8) is 0 Å². The molecule has 0 unspecified atom stereocenters. The molecule has 2 N–H and O–H groups in total. The first-order valence-corrected chi connectivity index (χ1v) is 12.4. The number of aromatic nitrogens is 1. The highest BCUT2D eigenvalue weighted by Crippen LogP contribution is 2.30. The summed E-state index contributed by atoms with van der Waals surface area (Å²) in [5.74, 6) is 0.236. The van der Waals surface area contributed by atoms with E-state index in [-0.39, 0.29) is 23.3 Å². The molecule has 0 aliphatic heterocycles. The third-order valence-corrected chi connectivity index (χ3v) is 7.27. The van der Waals surface area contributed by atoms with Crippen LogP contribution in [0.3, 0.4) is 0 Å². The predicted molar refractivity (Wildman–Crippen MR) is 128 cm³/mol. The Labute approximate surface area is 189 Å². The average molecular weight is 458 g/mol. The number of ether oxygens (including phenoxy) is 1. The van der Waals surface area contributed by atoms with Gasteiger partial charge in [-0.05, 0) is 50.1 Å². The van der Waals surface area contributed by atoms with Gasteiger partial charge in [-0.2, -0.15) is 4.31 Å². The molecule has 2 aromatic carbocycles. The van der Waals surface area contributed by atoms with Crippen LogP contribution >= 0.6 is 0 Å². The highest BCUT2D eigenvalue weighted by Gasteiger charge is 2.23. The van der Waals surface area contributed by atoms with Crippen molar-refractivity contribution in [3.8, 4) is 5.75 Å². The van der Waals surface area contributed by atoms with Crippen molar-refractivity contribution in [3.05, 3.63) is 54.2 Å². The van der Waals surface area contributed by atoms with Gasteiger partial charge in [0.2, 0.25) is 15.9 Å². The normalized spacial score (nSPS) is 11.9. The second-order valence-electron chi connectivity index (χ2n) is 7.82. The lowest BCUT2D eigenvalue weighted by molar-refractivity contribution is -0.116. The Morgan fingerprint density at radius 1 is 1.12 bits per heavy atom. The summed E-state index contributed by atoms with van der Waals surface area (Å²) in [6.45, 7) is 8.09. The summed E-state index contributed by atoms with van der Waals surface area (Å²) in [5.41, 5.74) is 2.45. The lowest BCUT2D eigenvalue weighted by Crippen LogP contribution is -2.30. The van der Waals surface area contributed by atoms with Gasteiger partial charge in [-0.1, -0.05) is 32.0 Å². The Kier molecular flexibility index (Phi) is 7.58. The highest BCUT2D eigenvalue weighted by atomic mass is 32.2. The van der Waals surface area contributed by atoms with Gasteiger partial charge in [-0.15, -0.1) is 0 Å². The minimum absolute atomic E-state index is 0.123. The lowest BCUT2D eigenvalue weighted by Gasteiger charge is -2.20. The highest BCUT2D eigenvalue weighted by molar-refractivity contribution is 7.89. The molecule has 3 aromatic rings. The fraction of sp³-hybridized carbons (Fsp3) is 0.375. The Hall–Kier alpha value is -2.84. The quantitative estimate of drug-likeness (QED) is 0.467. The van der Waals surface area contributed by atoms with Gasteiger partial charge in [0.15, 0.2) is 0 Å². The SMILES string of the molecule is CCN(CC)S(=O)(=O)c1ccc(OC(C)C)c(NC(=O)CCc2c[nH]c3ccccc23)c1. The molecular weight excluding hydrogens is 426 g/mol. The van der Waals surface area contributed by atoms with Gasteiger partial charge in [0.05, 0.1) is 16.7 Å². The summed E-state index contributed by atoms with van der Waals surface area (Å²) in [6.07, 6.45) is 2.62. The fourth-order valence-electron chi connectivity index (χ4n) is 3.64. The van der Waals surface area contributed by atoms with Crippen LogP contribution in [0, 0.1) is 0 Å². The molecule has 3 rings (SSSR count). The van der Waals surface area contributed by atoms with Crippen molar-refractivity contribution in [2.24, 2.45) is 0 Å². The Bertz CT molecular complexity index is 1180. The molecule has 0 radical (unpaired) electrons. The molecule has 32 heavy (non-hydrogen) atoms. The van der Waals surface area contributed by atoms with E-state index in [9.17, 15) is 13.2 Å². The lowest BCUT2D eigenvalue weighted by atomic mass is 10.1. The monoisotopic (exact) mass is 457 g/mol. The number of nitrogens with zero attached hydrogens (tertiary/aromatic N) is 1. The van der Waals surface area contributed by atoms with Gasteiger partial charge < -0.3 is 15.0 Å². The van der Waals surface area contributed by atoms with Crippen LogP contribution in [0.1, 0.15) is 39.7 Å². The zero-order valence-corrected chi connectivity index (χ0v) is 19.8. The number of H-pyrrole nitrogens is 1. The maximum atomic E-state index is 12.9. The molecule has 7 nitrogen and oxygen atoms in total. The Morgan fingerprint density at radius 2 is 1.84 bits per heavy atom. The van der Waals surface area contributed by atoms with Crippen LogP contribution in [-0.2, 0) is 21.2 Å². The molecular formula is C24H31N3O4S. The second-order valence-corrected chi connectivity index (χ2v) is 9.76. The summed E-state index contributed by atoms with van der Waals surface area (Å²) in [4.78, 5) is 16.1. The summed E-state index contributed by atoms with van der Waals surface area (Å²) in [5, 5.41) is 3.95. The molecule has 0 saturated carbocycles. The first-order valence-electron chi connectivity index (χ1n) is 10.9. The van der Waals surface area contributed by atoms with E-state index in [0.29, 0.717) is 30.9 Å². The number of hydrogen-bond donors (Lipinski definition) is 2. The summed E-state index contributed by atoms with van der Waals surface area (Å²) in [7, 11) is -3.65. The van der Waals surface area contributed by atoms with Crippen LogP contribution in [-0.4, -0.2) is 42.8 Å². The number of carbonyl (C=O) groups excluding carboxylic acids is 1. The molecule has 0 spiro atoms. The summed E-state index contributed by atoms with van der Waals surface area (Å²) >= 11 is 0. The molecule has 0 aliphatic carbocycles. The number of anilines is 1. The Balaban J connectivity index is 1.81. The number of carbonyl (C=O) groups is 1. The molecule has 0 bridgehead atoms. The summed E-state index contributed by atoms with van der Waals surface area (Å²) < 4.78 is 33.1. The van der Waals surface area contributed by atoms with Gasteiger partial charge >= 0.3 is 0 Å². The molecule has 1 heterocycles. The van der Waals surface area contributed by atoms with Crippen molar-refractivity contribution in [2.75, 3.05) is 18.4 Å². The number of benzene rings is 2. The van der Waals surface area contributed by atoms with Gasteiger partial charge in [0, 0.05) is 36.6 Å². The van der Waals surface area contributed by atoms with Gasteiger partial charge in [0.25, 0.3) is 0 Å². The van der Waals surface area contributed by atoms with Crippen LogP contribution in [0.5, 0.6) is 5.75 Å². The van der Waals surface area contributed by atoms with E-state index < -0.39 is 10.0 Å². The van der Waals surface area contributed by atoms with Crippen LogP contribution < -0.4 is 10.1 Å². The maximum absolute atomic E-state index is 12.9. The molecule has 0 fully saturated rings. The van der Waals surface area contributed by atoms with Gasteiger partial charge in [-0.25, -0.2) is 8.42 Å². The van der Waals surface area contributed by atoms with Crippen molar-refractivity contribution in [1.82, 2.24) is 9.29 Å². The topological polar surface area (TPSA) is 91.5 Å². The second kappa shape index (κ2) is 10.2. The van der Waals surface area contributed by atoms with Crippen LogP contribution in [0.2, 0.25) is 0 Å². The van der Waals surface area contributed by atoms with Crippen LogP contribution in [0.25, 0.3) is 10.9 Å². The predicted octanol–water partition coefficient (Wildman–Crippen LogP) is 4.56. The van der Waals surface area contributed by atoms with Gasteiger partial charge in [0.1, 0.15) is 5.75 Å². The van der Waals surface area contributed by atoms with Crippen molar-refractivity contribution < 1.29 is 17.9 Å². The van der Waals surface area contributed by atoms with E-state index in [2.05, 4.69) is 10.3 Å². The zero-order valence-electron chi connectivity index (χ0n) is 19.0. The number of nitrogens with one attached hydrogen (secondary N) is 2. The smallest absolute Gasteiger partial charge is 0.243 e. The molecule has 0 saturated heterocycles. The fourth-order valence-corrected chi connectivity index (χ4v) is 5.12. The number of rotatable bonds is 10. The summed E-state index contributed by atoms with van der Waals surface area (Å²) in [6, 6.07) is 12.6. The molecule has 1 aromatic heterocycles. The molecule has 1 amide bonds. The number of aryl methyl sites for hydroxylation is 1. The number of fused-ring (bicyclic) bond motifs is 1. The minimum Gasteiger partial charge on any atom is -0.489 e. The first kappa shape index (κ1) is 23.8. The standard InChI is InChI=1S/C24H31N3O4S/c1-5-27(6-2)32(29,30)19-12-13-23(31-17(3)4)22(15-19)26-24(28)14-11-18-16-25-21-10-8-7-9-20(18)21/h7-10,12-13,15-17,25H,5-6,11,14H2,1-4H3,(H,26,28). The van der Waals surface area contributed by atoms with E-state index in [0.717, 1.165) is 16.5 Å². The van der Waals surface area contributed by atoms with Crippen molar-refractivity contribution in [1.29, 1.82) is 0 Å². The van der Waals surface area contributed by atoms with E-state index >= 15 is 0 Å². The third-order valence-electron chi connectivity index (χ3n) is 5.23. The molecule has 8 heteroatoms. The number of amides is 1. The number of sulfonamides is 1. The Morgan fingerprint density at radius 3 is 2.53 bits per heavy atom. The minimum atomic E-state index is -3.65. The third kappa shape index (κ3) is 5.31. The zero-order chi connectivity index (χ0) is 23.3. The van der Waals surface area contributed by atoms with Crippen molar-refractivity contribution in [2.45, 2.75) is 51.5 Å². The van der Waals surface area contributed by atoms with Gasteiger partial charge in [-0.3, -0.25) is 4.79 Å². The molecule has 0 atom stereocenters. The average Bonchev–Trinajstić information content (AvgIpc) is 3.17.